The molecule has 0 saturated carbocycles. The minimum atomic E-state index is -0.0588. The minimum Gasteiger partial charge on any atom is -0.497 e. The van der Waals surface area contributed by atoms with Crippen LogP contribution in [-0.4, -0.2) is 36.9 Å². The van der Waals surface area contributed by atoms with Gasteiger partial charge in [-0.1, -0.05) is 26.7 Å². The minimum absolute atomic E-state index is 0.0588. The number of ether oxygens (including phenoxy) is 1. The molecule has 0 N–H and O–H groups in total. The van der Waals surface area contributed by atoms with Crippen molar-refractivity contribution >= 4 is 5.78 Å². The Bertz CT molecular complexity index is 406. The van der Waals surface area contributed by atoms with Gasteiger partial charge in [0.05, 0.1) is 13.2 Å². The lowest BCUT2D eigenvalue weighted by Gasteiger charge is -2.28. The first-order chi connectivity index (χ1) is 10.1. The van der Waals surface area contributed by atoms with Crippen LogP contribution in [0.25, 0.3) is 0 Å². The van der Waals surface area contributed by atoms with Gasteiger partial charge in [-0.3, -0.25) is 9.69 Å². The predicted molar refractivity (Wildman–Crippen MR) is 88.2 cm³/mol. The number of rotatable bonds is 10. The third kappa shape index (κ3) is 5.50. The van der Waals surface area contributed by atoms with E-state index in [-0.39, 0.29) is 11.8 Å². The van der Waals surface area contributed by atoms with Crippen LogP contribution < -0.4 is 4.74 Å². The normalized spacial score (nSPS) is 12.4. The number of Topliss-reactive ketones (excluding diaryl/α,β-unsaturated/α-hetero) is 1. The van der Waals surface area contributed by atoms with Crippen LogP contribution in [0, 0.1) is 0 Å². The first-order valence-corrected chi connectivity index (χ1v) is 8.06. The van der Waals surface area contributed by atoms with Crippen LogP contribution in [-0.2, 0) is 0 Å². The van der Waals surface area contributed by atoms with E-state index in [1.807, 2.05) is 31.2 Å². The molecule has 0 bridgehead atoms. The van der Waals surface area contributed by atoms with Crippen molar-refractivity contribution in [1.29, 1.82) is 0 Å². The topological polar surface area (TPSA) is 29.5 Å². The van der Waals surface area contributed by atoms with Crippen molar-refractivity contribution in [2.75, 3.05) is 20.2 Å². The zero-order valence-electron chi connectivity index (χ0n) is 13.9. The second kappa shape index (κ2) is 9.56. The highest BCUT2D eigenvalue weighted by Crippen LogP contribution is 2.15. The van der Waals surface area contributed by atoms with Gasteiger partial charge in [0.15, 0.2) is 5.78 Å². The molecule has 1 aromatic rings. The SMILES string of the molecule is CCCCN(CCCC)C(C)C(=O)c1ccc(OC)cc1. The number of carbonyl (C=O) groups is 1. The van der Waals surface area contributed by atoms with Crippen LogP contribution >= 0.6 is 0 Å². The third-order valence-electron chi connectivity index (χ3n) is 3.90. The molecule has 0 spiro atoms. The monoisotopic (exact) mass is 291 g/mol. The molecule has 0 aromatic heterocycles. The second-order valence-corrected chi connectivity index (χ2v) is 5.51. The van der Waals surface area contributed by atoms with Crippen molar-refractivity contribution in [1.82, 2.24) is 4.90 Å². The van der Waals surface area contributed by atoms with E-state index < -0.39 is 0 Å². The van der Waals surface area contributed by atoms with Crippen LogP contribution in [0.2, 0.25) is 0 Å². The van der Waals surface area contributed by atoms with Gasteiger partial charge in [-0.15, -0.1) is 0 Å². The van der Waals surface area contributed by atoms with Crippen molar-refractivity contribution in [2.24, 2.45) is 0 Å². The molecular weight excluding hydrogens is 262 g/mol. The highest BCUT2D eigenvalue weighted by Gasteiger charge is 2.21. The number of carbonyl (C=O) groups excluding carboxylic acids is 1. The van der Waals surface area contributed by atoms with E-state index >= 15 is 0 Å². The summed E-state index contributed by atoms with van der Waals surface area (Å²) in [5, 5.41) is 0. The van der Waals surface area contributed by atoms with Crippen LogP contribution in [0.5, 0.6) is 5.75 Å². The zero-order valence-corrected chi connectivity index (χ0v) is 13.9. The Labute approximate surface area is 129 Å². The first-order valence-electron chi connectivity index (χ1n) is 8.06. The summed E-state index contributed by atoms with van der Waals surface area (Å²) in [5.74, 6) is 0.984. The predicted octanol–water partition coefficient (Wildman–Crippen LogP) is 4.17. The maximum absolute atomic E-state index is 12.6. The molecule has 0 aliphatic carbocycles. The number of ketones is 1. The fourth-order valence-electron chi connectivity index (χ4n) is 2.38. The van der Waals surface area contributed by atoms with Crippen LogP contribution in [0.4, 0.5) is 0 Å². The highest BCUT2D eigenvalue weighted by atomic mass is 16.5. The van der Waals surface area contributed by atoms with E-state index in [0.717, 1.165) is 50.1 Å². The quantitative estimate of drug-likeness (QED) is 0.606. The molecular formula is C18H29NO2. The summed E-state index contributed by atoms with van der Waals surface area (Å²) in [4.78, 5) is 14.9. The first kappa shape index (κ1) is 17.7. The average molecular weight is 291 g/mol. The standard InChI is InChI=1S/C18H29NO2/c1-5-7-13-19(14-8-6-2)15(3)18(20)16-9-11-17(21-4)12-10-16/h9-12,15H,5-8,13-14H2,1-4H3. The molecule has 0 aliphatic rings. The van der Waals surface area contributed by atoms with Gasteiger partial charge in [0.1, 0.15) is 5.75 Å². The Hall–Kier alpha value is -1.35. The maximum atomic E-state index is 12.6. The molecule has 0 amide bonds. The Balaban J connectivity index is 2.74. The molecule has 3 nitrogen and oxygen atoms in total. The molecule has 1 aromatic carbocycles. The number of nitrogens with zero attached hydrogens (tertiary/aromatic N) is 1. The van der Waals surface area contributed by atoms with Crippen molar-refractivity contribution in [3.05, 3.63) is 29.8 Å². The average Bonchev–Trinajstić information content (AvgIpc) is 2.54. The summed E-state index contributed by atoms with van der Waals surface area (Å²) in [6, 6.07) is 7.35. The Morgan fingerprint density at radius 1 is 1.10 bits per heavy atom. The second-order valence-electron chi connectivity index (χ2n) is 5.51. The van der Waals surface area contributed by atoms with Crippen molar-refractivity contribution in [2.45, 2.75) is 52.5 Å². The summed E-state index contributed by atoms with van der Waals surface area (Å²) in [6.07, 6.45) is 4.60. The van der Waals surface area contributed by atoms with E-state index in [0.29, 0.717) is 0 Å². The molecule has 1 rings (SSSR count). The molecule has 0 heterocycles. The molecule has 0 aliphatic heterocycles. The van der Waals surface area contributed by atoms with Gasteiger partial charge in [0, 0.05) is 5.56 Å². The van der Waals surface area contributed by atoms with Gasteiger partial charge >= 0.3 is 0 Å². The molecule has 0 fully saturated rings. The number of hydrogen-bond acceptors (Lipinski definition) is 3. The highest BCUT2D eigenvalue weighted by molar-refractivity contribution is 5.99. The number of methoxy groups -OCH3 is 1. The van der Waals surface area contributed by atoms with E-state index in [2.05, 4.69) is 18.7 Å². The fraction of sp³-hybridized carbons (Fsp3) is 0.611. The summed E-state index contributed by atoms with van der Waals surface area (Å²) < 4.78 is 5.14. The molecule has 118 valence electrons. The van der Waals surface area contributed by atoms with Crippen LogP contribution in [0.1, 0.15) is 56.8 Å². The van der Waals surface area contributed by atoms with Gasteiger partial charge in [-0.2, -0.15) is 0 Å². The van der Waals surface area contributed by atoms with Gasteiger partial charge in [-0.25, -0.2) is 0 Å². The van der Waals surface area contributed by atoms with Crippen molar-refractivity contribution in [3.8, 4) is 5.75 Å². The van der Waals surface area contributed by atoms with Crippen molar-refractivity contribution < 1.29 is 9.53 Å². The van der Waals surface area contributed by atoms with E-state index in [9.17, 15) is 4.79 Å². The summed E-state index contributed by atoms with van der Waals surface area (Å²) >= 11 is 0. The summed E-state index contributed by atoms with van der Waals surface area (Å²) in [6.45, 7) is 8.40. The Morgan fingerprint density at radius 2 is 1.62 bits per heavy atom. The number of unbranched alkanes of at least 4 members (excludes halogenated alkanes) is 2. The zero-order chi connectivity index (χ0) is 15.7. The molecule has 21 heavy (non-hydrogen) atoms. The van der Waals surface area contributed by atoms with Gasteiger partial charge in [0.25, 0.3) is 0 Å². The van der Waals surface area contributed by atoms with Crippen LogP contribution in [0.3, 0.4) is 0 Å². The molecule has 1 unspecified atom stereocenters. The van der Waals surface area contributed by atoms with E-state index in [1.54, 1.807) is 7.11 Å². The lowest BCUT2D eigenvalue weighted by molar-refractivity contribution is 0.0833. The lowest BCUT2D eigenvalue weighted by atomic mass is 10.0. The number of benzene rings is 1. The van der Waals surface area contributed by atoms with E-state index in [1.165, 1.54) is 0 Å². The summed E-state index contributed by atoms with van der Waals surface area (Å²) in [7, 11) is 1.64. The summed E-state index contributed by atoms with van der Waals surface area (Å²) in [5.41, 5.74) is 0.765. The molecule has 1 atom stereocenters. The Kier molecular flexibility index (Phi) is 8.06. The van der Waals surface area contributed by atoms with Crippen LogP contribution in [0.15, 0.2) is 24.3 Å². The fourth-order valence-corrected chi connectivity index (χ4v) is 2.38. The lowest BCUT2D eigenvalue weighted by Crippen LogP contribution is -2.40. The van der Waals surface area contributed by atoms with Crippen molar-refractivity contribution in [3.63, 3.8) is 0 Å². The smallest absolute Gasteiger partial charge is 0.179 e. The number of hydrogen-bond donors (Lipinski definition) is 0. The Morgan fingerprint density at radius 3 is 2.05 bits per heavy atom. The maximum Gasteiger partial charge on any atom is 0.179 e. The third-order valence-corrected chi connectivity index (χ3v) is 3.90. The van der Waals surface area contributed by atoms with E-state index in [4.69, 9.17) is 4.74 Å². The molecule has 0 saturated heterocycles. The molecule has 0 radical (unpaired) electrons. The van der Waals surface area contributed by atoms with Gasteiger partial charge < -0.3 is 4.74 Å². The van der Waals surface area contributed by atoms with Gasteiger partial charge in [0.2, 0.25) is 0 Å². The van der Waals surface area contributed by atoms with Gasteiger partial charge in [-0.05, 0) is 57.1 Å². The largest absolute Gasteiger partial charge is 0.497 e. The molecule has 3 heteroatoms.